The van der Waals surface area contributed by atoms with Gasteiger partial charge in [-0.25, -0.2) is 4.39 Å². The highest BCUT2D eigenvalue weighted by Crippen LogP contribution is 2.24. The quantitative estimate of drug-likeness (QED) is 0.665. The zero-order valence-electron chi connectivity index (χ0n) is 10.9. The van der Waals surface area contributed by atoms with Crippen molar-refractivity contribution in [3.63, 3.8) is 0 Å². The minimum Gasteiger partial charge on any atom is -0.397 e. The third-order valence-corrected chi connectivity index (χ3v) is 2.58. The van der Waals surface area contributed by atoms with E-state index < -0.39 is 0 Å². The van der Waals surface area contributed by atoms with Crippen LogP contribution in [0.2, 0.25) is 0 Å². The highest BCUT2D eigenvalue weighted by molar-refractivity contribution is 5.93. The third-order valence-electron chi connectivity index (χ3n) is 2.58. The van der Waals surface area contributed by atoms with Crippen LogP contribution >= 0.6 is 0 Å². The smallest absolute Gasteiger partial charge is 0.221 e. The molecule has 0 heterocycles. The Balaban J connectivity index is 2.15. The van der Waals surface area contributed by atoms with Gasteiger partial charge >= 0.3 is 0 Å². The Morgan fingerprint density at radius 1 is 1.25 bits per heavy atom. The molecule has 102 valence electrons. The molecule has 3 N–H and O–H groups in total. The molecule has 0 aliphatic heterocycles. The molecule has 4 nitrogen and oxygen atoms in total. The fraction of sp³-hybridized carbons (Fsp3) is 0.0667. The van der Waals surface area contributed by atoms with E-state index >= 15 is 0 Å². The van der Waals surface area contributed by atoms with Crippen molar-refractivity contribution in [2.45, 2.75) is 6.92 Å². The van der Waals surface area contributed by atoms with E-state index in [4.69, 9.17) is 5.73 Å². The van der Waals surface area contributed by atoms with Crippen LogP contribution in [-0.2, 0) is 4.79 Å². The molecule has 20 heavy (non-hydrogen) atoms. The Kier molecular flexibility index (Phi) is 4.10. The van der Waals surface area contributed by atoms with Crippen LogP contribution < -0.4 is 11.1 Å². The minimum atomic E-state index is -0.286. The molecule has 0 saturated heterocycles. The summed E-state index contributed by atoms with van der Waals surface area (Å²) in [6.07, 6.45) is 1.62. The largest absolute Gasteiger partial charge is 0.397 e. The second-order valence-corrected chi connectivity index (χ2v) is 4.26. The van der Waals surface area contributed by atoms with Crippen molar-refractivity contribution in [2.24, 2.45) is 4.99 Å². The molecule has 2 aromatic rings. The van der Waals surface area contributed by atoms with E-state index in [1.807, 2.05) is 0 Å². The predicted molar refractivity (Wildman–Crippen MR) is 78.8 cm³/mol. The van der Waals surface area contributed by atoms with Gasteiger partial charge in [-0.15, -0.1) is 0 Å². The number of rotatable bonds is 3. The summed E-state index contributed by atoms with van der Waals surface area (Å²) >= 11 is 0. The zero-order chi connectivity index (χ0) is 14.5. The van der Waals surface area contributed by atoms with E-state index in [9.17, 15) is 9.18 Å². The topological polar surface area (TPSA) is 67.5 Å². The summed E-state index contributed by atoms with van der Waals surface area (Å²) in [6.45, 7) is 1.42. The van der Waals surface area contributed by atoms with Crippen molar-refractivity contribution in [1.82, 2.24) is 0 Å². The van der Waals surface area contributed by atoms with Gasteiger partial charge < -0.3 is 11.1 Å². The van der Waals surface area contributed by atoms with E-state index in [1.54, 1.807) is 36.5 Å². The summed E-state index contributed by atoms with van der Waals surface area (Å²) in [4.78, 5) is 15.2. The summed E-state index contributed by atoms with van der Waals surface area (Å²) in [5.74, 6) is -0.467. The molecule has 1 amide bonds. The number of carbonyl (C=O) groups is 1. The molecule has 5 heteroatoms. The van der Waals surface area contributed by atoms with Crippen LogP contribution in [0.25, 0.3) is 0 Å². The lowest BCUT2D eigenvalue weighted by atomic mass is 10.2. The number of hydrogen-bond acceptors (Lipinski definition) is 3. The van der Waals surface area contributed by atoms with Crippen molar-refractivity contribution < 1.29 is 9.18 Å². The summed E-state index contributed by atoms with van der Waals surface area (Å²) < 4.78 is 12.8. The monoisotopic (exact) mass is 271 g/mol. The number of halogens is 1. The lowest BCUT2D eigenvalue weighted by Crippen LogP contribution is -2.07. The average Bonchev–Trinajstić information content (AvgIpc) is 2.40. The van der Waals surface area contributed by atoms with E-state index in [-0.39, 0.29) is 11.7 Å². The maximum absolute atomic E-state index is 12.8. The highest BCUT2D eigenvalue weighted by Gasteiger charge is 2.01. The van der Waals surface area contributed by atoms with Gasteiger partial charge in [-0.3, -0.25) is 9.79 Å². The van der Waals surface area contributed by atoms with E-state index in [1.165, 1.54) is 19.1 Å². The van der Waals surface area contributed by atoms with Crippen molar-refractivity contribution in [1.29, 1.82) is 0 Å². The van der Waals surface area contributed by atoms with E-state index in [0.29, 0.717) is 17.1 Å². The van der Waals surface area contributed by atoms with Gasteiger partial charge in [-0.05, 0) is 35.9 Å². The molecule has 2 rings (SSSR count). The molecule has 0 atom stereocenters. The number of nitrogens with zero attached hydrogens (tertiary/aromatic N) is 1. The number of hydrogen-bond donors (Lipinski definition) is 2. The Morgan fingerprint density at radius 3 is 2.55 bits per heavy atom. The molecule has 0 bridgehead atoms. The first-order valence-electron chi connectivity index (χ1n) is 6.01. The van der Waals surface area contributed by atoms with Gasteiger partial charge in [0, 0.05) is 13.1 Å². The molecule has 0 saturated carbocycles. The van der Waals surface area contributed by atoms with Crippen LogP contribution in [-0.4, -0.2) is 12.1 Å². The van der Waals surface area contributed by atoms with Crippen LogP contribution in [0.15, 0.2) is 47.5 Å². The van der Waals surface area contributed by atoms with E-state index in [2.05, 4.69) is 10.3 Å². The number of benzene rings is 2. The Morgan fingerprint density at radius 2 is 1.95 bits per heavy atom. The van der Waals surface area contributed by atoms with Gasteiger partial charge in [0.2, 0.25) is 5.91 Å². The number of nitrogens with one attached hydrogen (secondary N) is 1. The zero-order valence-corrected chi connectivity index (χ0v) is 10.9. The van der Waals surface area contributed by atoms with Crippen LogP contribution in [0.1, 0.15) is 12.5 Å². The predicted octanol–water partition coefficient (Wildman–Crippen LogP) is 3.12. The first-order chi connectivity index (χ1) is 9.54. The fourth-order valence-electron chi connectivity index (χ4n) is 1.63. The average molecular weight is 271 g/mol. The summed E-state index contributed by atoms with van der Waals surface area (Å²) in [7, 11) is 0. The van der Waals surface area contributed by atoms with Crippen molar-refractivity contribution in [3.05, 3.63) is 53.8 Å². The third kappa shape index (κ3) is 3.65. The Labute approximate surface area is 116 Å². The molecule has 2 aromatic carbocycles. The molecule has 0 unspecified atom stereocenters. The molecule has 0 aromatic heterocycles. The van der Waals surface area contributed by atoms with Gasteiger partial charge in [0.1, 0.15) is 5.82 Å². The van der Waals surface area contributed by atoms with Gasteiger partial charge in [-0.1, -0.05) is 12.1 Å². The first kappa shape index (κ1) is 13.7. The SMILES string of the molecule is CC(=O)Nc1ccc(N=Cc2ccc(F)cc2)cc1N. The number of carbonyl (C=O) groups excluding carboxylic acids is 1. The number of anilines is 2. The Bertz CT molecular complexity index is 651. The first-order valence-corrected chi connectivity index (χ1v) is 6.01. The molecule has 0 aliphatic carbocycles. The molecular weight excluding hydrogens is 257 g/mol. The molecule has 0 fully saturated rings. The van der Waals surface area contributed by atoms with Crippen molar-refractivity contribution in [3.8, 4) is 0 Å². The van der Waals surface area contributed by atoms with Gasteiger partial charge in [-0.2, -0.15) is 0 Å². The fourth-order valence-corrected chi connectivity index (χ4v) is 1.63. The van der Waals surface area contributed by atoms with Crippen LogP contribution in [0.5, 0.6) is 0 Å². The highest BCUT2D eigenvalue weighted by atomic mass is 19.1. The summed E-state index contributed by atoms with van der Waals surface area (Å²) in [5, 5.41) is 2.62. The van der Waals surface area contributed by atoms with E-state index in [0.717, 1.165) is 5.56 Å². The number of aliphatic imine (C=N–C) groups is 1. The summed E-state index contributed by atoms with van der Waals surface area (Å²) in [6, 6.07) is 11.1. The minimum absolute atomic E-state index is 0.181. The molecule has 0 radical (unpaired) electrons. The number of nitrogen functional groups attached to an aromatic ring is 1. The lowest BCUT2D eigenvalue weighted by molar-refractivity contribution is -0.114. The standard InChI is InChI=1S/C15H14FN3O/c1-10(20)19-15-7-6-13(8-14(15)17)18-9-11-2-4-12(16)5-3-11/h2-9H,17H2,1H3,(H,19,20). The van der Waals surface area contributed by atoms with Crippen LogP contribution in [0, 0.1) is 5.82 Å². The van der Waals surface area contributed by atoms with Gasteiger partial charge in [0.05, 0.1) is 17.1 Å². The Hall–Kier alpha value is -2.69. The normalized spacial score (nSPS) is 10.7. The molecule has 0 spiro atoms. The van der Waals surface area contributed by atoms with Gasteiger partial charge in [0.25, 0.3) is 0 Å². The molecule has 0 aliphatic rings. The maximum Gasteiger partial charge on any atom is 0.221 e. The number of amides is 1. The summed E-state index contributed by atoms with van der Waals surface area (Å²) in [5.41, 5.74) is 8.25. The van der Waals surface area contributed by atoms with Crippen LogP contribution in [0.4, 0.5) is 21.5 Å². The second kappa shape index (κ2) is 5.97. The van der Waals surface area contributed by atoms with Crippen molar-refractivity contribution in [2.75, 3.05) is 11.1 Å². The molecular formula is C15H14FN3O. The van der Waals surface area contributed by atoms with Crippen molar-refractivity contribution >= 4 is 29.2 Å². The lowest BCUT2D eigenvalue weighted by Gasteiger charge is -2.06. The maximum atomic E-state index is 12.8. The second-order valence-electron chi connectivity index (χ2n) is 4.26. The van der Waals surface area contributed by atoms with Gasteiger partial charge in [0.15, 0.2) is 0 Å². The number of nitrogens with two attached hydrogens (primary N) is 1. The van der Waals surface area contributed by atoms with Crippen LogP contribution in [0.3, 0.4) is 0 Å².